The van der Waals surface area contributed by atoms with E-state index < -0.39 is 23.9 Å². The average molecular weight is 322 g/mol. The summed E-state index contributed by atoms with van der Waals surface area (Å²) in [6, 6.07) is 0. The molecule has 0 aliphatic heterocycles. The SMILES string of the molecule is CC(CO)CO.O=C(O)/C=C\C(=O)O.O=C(O)/C=C\C(=O)O. The van der Waals surface area contributed by atoms with Crippen molar-refractivity contribution in [3.05, 3.63) is 24.3 Å². The summed E-state index contributed by atoms with van der Waals surface area (Å²) >= 11 is 0. The molecule has 126 valence electrons. The second-order valence-corrected chi connectivity index (χ2v) is 3.49. The second kappa shape index (κ2) is 16.3. The van der Waals surface area contributed by atoms with Gasteiger partial charge >= 0.3 is 23.9 Å². The molecule has 0 unspecified atom stereocenters. The molecule has 10 nitrogen and oxygen atoms in total. The van der Waals surface area contributed by atoms with E-state index in [0.717, 1.165) is 0 Å². The van der Waals surface area contributed by atoms with Crippen molar-refractivity contribution in [3.63, 3.8) is 0 Å². The largest absolute Gasteiger partial charge is 0.478 e. The van der Waals surface area contributed by atoms with Crippen molar-refractivity contribution in [1.82, 2.24) is 0 Å². The molecule has 10 heteroatoms. The van der Waals surface area contributed by atoms with Crippen LogP contribution in [0.1, 0.15) is 6.92 Å². The minimum absolute atomic E-state index is 0.0463. The monoisotopic (exact) mass is 322 g/mol. The molecular formula is C12H18O10. The molecule has 0 fully saturated rings. The van der Waals surface area contributed by atoms with Crippen LogP contribution in [0.25, 0.3) is 0 Å². The molecule has 0 aromatic rings. The summed E-state index contributed by atoms with van der Waals surface area (Å²) in [5.41, 5.74) is 0. The highest BCUT2D eigenvalue weighted by atomic mass is 16.4. The fourth-order valence-electron chi connectivity index (χ4n) is 0.343. The number of aliphatic carboxylic acids is 4. The van der Waals surface area contributed by atoms with Crippen LogP contribution in [-0.2, 0) is 19.2 Å². The molecule has 0 amide bonds. The van der Waals surface area contributed by atoms with Crippen molar-refractivity contribution in [2.24, 2.45) is 5.92 Å². The molecule has 6 N–H and O–H groups in total. The van der Waals surface area contributed by atoms with Gasteiger partial charge in [0.05, 0.1) is 0 Å². The van der Waals surface area contributed by atoms with Gasteiger partial charge in [-0.25, -0.2) is 19.2 Å². The van der Waals surface area contributed by atoms with Gasteiger partial charge in [0.15, 0.2) is 0 Å². The molecule has 0 saturated carbocycles. The Bertz CT molecular complexity index is 340. The van der Waals surface area contributed by atoms with Gasteiger partial charge in [-0.3, -0.25) is 0 Å². The van der Waals surface area contributed by atoms with Gasteiger partial charge in [-0.2, -0.15) is 0 Å². The molecule has 0 saturated heterocycles. The number of hydrogen-bond donors (Lipinski definition) is 6. The maximum Gasteiger partial charge on any atom is 0.328 e. The third kappa shape index (κ3) is 36.0. The standard InChI is InChI=1S/2C4H4O4.C4H10O2/c2*5-3(6)1-2-4(7)8;1-4(2-5)3-6/h2*1-2H,(H,5,6)(H,7,8);4-6H,2-3H2,1H3/b2*2-1-;. The number of carboxylic acids is 4. The van der Waals surface area contributed by atoms with E-state index in [2.05, 4.69) is 0 Å². The van der Waals surface area contributed by atoms with Gasteiger partial charge in [-0.1, -0.05) is 6.92 Å². The number of aliphatic hydroxyl groups is 2. The molecule has 22 heavy (non-hydrogen) atoms. The molecule has 0 rings (SSSR count). The molecule has 0 aliphatic rings. The molecule has 0 aromatic heterocycles. The number of carboxylic acid groups (broad SMARTS) is 4. The first-order valence-electron chi connectivity index (χ1n) is 5.56. The van der Waals surface area contributed by atoms with E-state index in [1.165, 1.54) is 0 Å². The van der Waals surface area contributed by atoms with Crippen LogP contribution in [0.5, 0.6) is 0 Å². The lowest BCUT2D eigenvalue weighted by Crippen LogP contribution is -2.04. The zero-order valence-corrected chi connectivity index (χ0v) is 11.6. The first-order chi connectivity index (χ1) is 10.1. The van der Waals surface area contributed by atoms with Crippen molar-refractivity contribution in [2.45, 2.75) is 6.92 Å². The average Bonchev–Trinajstić information content (AvgIpc) is 2.43. The van der Waals surface area contributed by atoms with E-state index in [-0.39, 0.29) is 19.1 Å². The fraction of sp³-hybridized carbons (Fsp3) is 0.333. The zero-order chi connectivity index (χ0) is 18.1. The smallest absolute Gasteiger partial charge is 0.328 e. The van der Waals surface area contributed by atoms with E-state index in [4.69, 9.17) is 30.6 Å². The Morgan fingerprint density at radius 1 is 0.682 bits per heavy atom. The maximum absolute atomic E-state index is 9.55. The summed E-state index contributed by atoms with van der Waals surface area (Å²) in [5.74, 6) is -4.98. The van der Waals surface area contributed by atoms with Crippen molar-refractivity contribution in [3.8, 4) is 0 Å². The van der Waals surface area contributed by atoms with E-state index in [1.807, 2.05) is 0 Å². The van der Waals surface area contributed by atoms with Crippen LogP contribution in [0.3, 0.4) is 0 Å². The molecule has 0 heterocycles. The van der Waals surface area contributed by atoms with Crippen LogP contribution in [0.15, 0.2) is 24.3 Å². The quantitative estimate of drug-likeness (QED) is 0.332. The molecule has 0 bridgehead atoms. The van der Waals surface area contributed by atoms with Crippen LogP contribution < -0.4 is 0 Å². The highest BCUT2D eigenvalue weighted by Crippen LogP contribution is 1.85. The summed E-state index contributed by atoms with van der Waals surface area (Å²) in [5, 5.41) is 47.6. The van der Waals surface area contributed by atoms with Crippen LogP contribution in [0, 0.1) is 5.92 Å². The Hall–Kier alpha value is -2.72. The van der Waals surface area contributed by atoms with Gasteiger partial charge in [-0.05, 0) is 0 Å². The lowest BCUT2D eigenvalue weighted by molar-refractivity contribution is -0.134. The number of hydrogen-bond acceptors (Lipinski definition) is 6. The first-order valence-corrected chi connectivity index (χ1v) is 5.56. The minimum Gasteiger partial charge on any atom is -0.478 e. The van der Waals surface area contributed by atoms with Crippen molar-refractivity contribution in [1.29, 1.82) is 0 Å². The number of rotatable bonds is 6. The lowest BCUT2D eigenvalue weighted by Gasteiger charge is -1.97. The summed E-state index contributed by atoms with van der Waals surface area (Å²) < 4.78 is 0. The summed E-state index contributed by atoms with van der Waals surface area (Å²) in [6.45, 7) is 1.94. The Morgan fingerprint density at radius 2 is 0.864 bits per heavy atom. The topological polar surface area (TPSA) is 190 Å². The first kappa shape index (κ1) is 24.3. The number of aliphatic hydroxyl groups excluding tert-OH is 2. The fourth-order valence-corrected chi connectivity index (χ4v) is 0.343. The molecule has 0 spiro atoms. The predicted octanol–water partition coefficient (Wildman–Crippen LogP) is -0.969. The maximum atomic E-state index is 9.55. The molecular weight excluding hydrogens is 304 g/mol. The summed E-state index contributed by atoms with van der Waals surface area (Å²) in [6.07, 6.45) is 2.23. The summed E-state index contributed by atoms with van der Waals surface area (Å²) in [7, 11) is 0. The molecule has 0 aliphatic carbocycles. The highest BCUT2D eigenvalue weighted by Gasteiger charge is 1.91. The van der Waals surface area contributed by atoms with Crippen molar-refractivity contribution >= 4 is 23.9 Å². The predicted molar refractivity (Wildman–Crippen MR) is 72.2 cm³/mol. The Morgan fingerprint density at radius 3 is 0.909 bits per heavy atom. The Balaban J connectivity index is -0.000000249. The summed E-state index contributed by atoms with van der Waals surface area (Å²) in [4.78, 5) is 38.2. The molecule has 0 atom stereocenters. The van der Waals surface area contributed by atoms with Crippen LogP contribution in [0.4, 0.5) is 0 Å². The van der Waals surface area contributed by atoms with E-state index in [1.54, 1.807) is 6.92 Å². The number of carbonyl (C=O) groups is 4. The van der Waals surface area contributed by atoms with Gasteiger partial charge < -0.3 is 30.6 Å². The van der Waals surface area contributed by atoms with Gasteiger partial charge in [0.2, 0.25) is 0 Å². The van der Waals surface area contributed by atoms with Crippen LogP contribution in [-0.4, -0.2) is 67.7 Å². The van der Waals surface area contributed by atoms with Crippen molar-refractivity contribution < 1.29 is 49.8 Å². The lowest BCUT2D eigenvalue weighted by atomic mass is 10.2. The van der Waals surface area contributed by atoms with E-state index >= 15 is 0 Å². The van der Waals surface area contributed by atoms with Gasteiger partial charge in [-0.15, -0.1) is 0 Å². The van der Waals surface area contributed by atoms with E-state index in [0.29, 0.717) is 24.3 Å². The van der Waals surface area contributed by atoms with E-state index in [9.17, 15) is 19.2 Å². The van der Waals surface area contributed by atoms with Gasteiger partial charge in [0.25, 0.3) is 0 Å². The third-order valence-electron chi connectivity index (χ3n) is 1.36. The second-order valence-electron chi connectivity index (χ2n) is 3.49. The molecule has 0 radical (unpaired) electrons. The van der Waals surface area contributed by atoms with Crippen LogP contribution in [0.2, 0.25) is 0 Å². The zero-order valence-electron chi connectivity index (χ0n) is 11.6. The molecule has 0 aromatic carbocycles. The van der Waals surface area contributed by atoms with Crippen molar-refractivity contribution in [2.75, 3.05) is 13.2 Å². The normalized spacial score (nSPS) is 9.64. The van der Waals surface area contributed by atoms with Crippen LogP contribution >= 0.6 is 0 Å². The Kier molecular flexibility index (Phi) is 18.0. The van der Waals surface area contributed by atoms with Gasteiger partial charge in [0, 0.05) is 43.4 Å². The highest BCUT2D eigenvalue weighted by molar-refractivity contribution is 5.90. The van der Waals surface area contributed by atoms with Gasteiger partial charge in [0.1, 0.15) is 0 Å². The minimum atomic E-state index is -1.26. The third-order valence-corrected chi connectivity index (χ3v) is 1.36. The Labute approximate surface area is 125 Å².